The maximum absolute atomic E-state index is 12.8. The quantitative estimate of drug-likeness (QED) is 0.787. The van der Waals surface area contributed by atoms with E-state index in [1.165, 1.54) is 10.4 Å². The van der Waals surface area contributed by atoms with Crippen LogP contribution in [0.2, 0.25) is 10.0 Å². The van der Waals surface area contributed by atoms with Crippen molar-refractivity contribution in [1.82, 2.24) is 4.31 Å². The Morgan fingerprint density at radius 3 is 2.20 bits per heavy atom. The standard InChI is InChI=1S/C17H18Cl2N2O3S/c1-24-14-7-5-13(6-8-14)20-9-11-21(12-10-20)25(22,23)16-4-2-3-15(18)17(16)19/h2-8H,9-12H2,1H3. The zero-order chi connectivity index (χ0) is 18.0. The molecule has 0 aromatic heterocycles. The minimum atomic E-state index is -3.66. The average molecular weight is 401 g/mol. The van der Waals surface area contributed by atoms with Crippen molar-refractivity contribution in [3.63, 3.8) is 0 Å². The Bertz CT molecular complexity index is 849. The Labute approximate surface area is 157 Å². The molecule has 0 unspecified atom stereocenters. The van der Waals surface area contributed by atoms with Gasteiger partial charge in [0.1, 0.15) is 10.6 Å². The molecule has 1 aliphatic heterocycles. The van der Waals surface area contributed by atoms with Crippen molar-refractivity contribution in [3.8, 4) is 5.75 Å². The van der Waals surface area contributed by atoms with Crippen molar-refractivity contribution in [2.75, 3.05) is 38.2 Å². The van der Waals surface area contributed by atoms with Crippen LogP contribution in [0.15, 0.2) is 47.4 Å². The molecule has 1 saturated heterocycles. The number of sulfonamides is 1. The highest BCUT2D eigenvalue weighted by Gasteiger charge is 2.30. The maximum atomic E-state index is 12.8. The van der Waals surface area contributed by atoms with E-state index >= 15 is 0 Å². The highest BCUT2D eigenvalue weighted by atomic mass is 35.5. The molecule has 1 fully saturated rings. The van der Waals surface area contributed by atoms with Crippen LogP contribution < -0.4 is 9.64 Å². The average Bonchev–Trinajstić information content (AvgIpc) is 2.64. The number of hydrogen-bond donors (Lipinski definition) is 0. The molecule has 0 N–H and O–H groups in total. The summed E-state index contributed by atoms with van der Waals surface area (Å²) >= 11 is 12.0. The van der Waals surface area contributed by atoms with Crippen molar-refractivity contribution in [2.24, 2.45) is 0 Å². The first-order valence-corrected chi connectivity index (χ1v) is 9.96. The summed E-state index contributed by atoms with van der Waals surface area (Å²) in [6.45, 7) is 1.97. The van der Waals surface area contributed by atoms with E-state index in [1.807, 2.05) is 24.3 Å². The zero-order valence-electron chi connectivity index (χ0n) is 13.7. The number of rotatable bonds is 4. The van der Waals surface area contributed by atoms with E-state index in [4.69, 9.17) is 27.9 Å². The van der Waals surface area contributed by atoms with Gasteiger partial charge in [0.2, 0.25) is 10.0 Å². The van der Waals surface area contributed by atoms with E-state index < -0.39 is 10.0 Å². The van der Waals surface area contributed by atoms with Gasteiger partial charge in [-0.1, -0.05) is 29.3 Å². The van der Waals surface area contributed by atoms with Crippen molar-refractivity contribution in [2.45, 2.75) is 4.90 Å². The largest absolute Gasteiger partial charge is 0.497 e. The van der Waals surface area contributed by atoms with Gasteiger partial charge in [-0.3, -0.25) is 0 Å². The highest BCUT2D eigenvalue weighted by Crippen LogP contribution is 2.31. The maximum Gasteiger partial charge on any atom is 0.244 e. The van der Waals surface area contributed by atoms with Crippen LogP contribution in [0.1, 0.15) is 0 Å². The first-order chi connectivity index (χ1) is 11.9. The van der Waals surface area contributed by atoms with Gasteiger partial charge >= 0.3 is 0 Å². The summed E-state index contributed by atoms with van der Waals surface area (Å²) in [5.41, 5.74) is 1.04. The van der Waals surface area contributed by atoms with Crippen molar-refractivity contribution < 1.29 is 13.2 Å². The van der Waals surface area contributed by atoms with Crippen LogP contribution >= 0.6 is 23.2 Å². The molecule has 0 amide bonds. The highest BCUT2D eigenvalue weighted by molar-refractivity contribution is 7.89. The first-order valence-electron chi connectivity index (χ1n) is 7.76. The number of benzene rings is 2. The number of methoxy groups -OCH3 is 1. The lowest BCUT2D eigenvalue weighted by Crippen LogP contribution is -2.48. The van der Waals surface area contributed by atoms with Crippen LogP contribution in [-0.4, -0.2) is 46.0 Å². The third kappa shape index (κ3) is 3.72. The molecular formula is C17H18Cl2N2O3S. The SMILES string of the molecule is COc1ccc(N2CCN(S(=O)(=O)c3cccc(Cl)c3Cl)CC2)cc1. The molecule has 134 valence electrons. The van der Waals surface area contributed by atoms with E-state index in [0.717, 1.165) is 11.4 Å². The fourth-order valence-electron chi connectivity index (χ4n) is 2.80. The van der Waals surface area contributed by atoms with Gasteiger partial charge in [-0.15, -0.1) is 0 Å². The molecule has 1 aliphatic rings. The summed E-state index contributed by atoms with van der Waals surface area (Å²) in [5.74, 6) is 0.792. The van der Waals surface area contributed by atoms with Gasteiger partial charge in [0.05, 0.1) is 17.2 Å². The number of piperazine rings is 1. The van der Waals surface area contributed by atoms with Gasteiger partial charge in [-0.25, -0.2) is 8.42 Å². The minimum absolute atomic E-state index is 0.0552. The lowest BCUT2D eigenvalue weighted by molar-refractivity contribution is 0.384. The Kier molecular flexibility index (Phi) is 5.43. The molecular weight excluding hydrogens is 383 g/mol. The summed E-state index contributed by atoms with van der Waals surface area (Å²) in [6.07, 6.45) is 0. The molecule has 2 aromatic rings. The number of ether oxygens (including phenoxy) is 1. The second-order valence-corrected chi connectivity index (χ2v) is 8.33. The van der Waals surface area contributed by atoms with Crippen LogP contribution in [0, 0.1) is 0 Å². The Hall–Kier alpha value is -1.47. The van der Waals surface area contributed by atoms with Gasteiger partial charge in [0.25, 0.3) is 0 Å². The van der Waals surface area contributed by atoms with Crippen molar-refractivity contribution in [1.29, 1.82) is 0 Å². The predicted octanol–water partition coefficient (Wildman–Crippen LogP) is 3.51. The number of halogens is 2. The van der Waals surface area contributed by atoms with E-state index in [0.29, 0.717) is 26.2 Å². The topological polar surface area (TPSA) is 49.9 Å². The predicted molar refractivity (Wildman–Crippen MR) is 100 cm³/mol. The van der Waals surface area contributed by atoms with E-state index in [9.17, 15) is 8.42 Å². The summed E-state index contributed by atoms with van der Waals surface area (Å²) in [7, 11) is -2.04. The van der Waals surface area contributed by atoms with Crippen LogP contribution in [0.25, 0.3) is 0 Å². The third-order valence-corrected chi connectivity index (χ3v) is 7.08. The molecule has 3 rings (SSSR count). The van der Waals surface area contributed by atoms with E-state index in [1.54, 1.807) is 19.2 Å². The monoisotopic (exact) mass is 400 g/mol. The molecule has 25 heavy (non-hydrogen) atoms. The fourth-order valence-corrected chi connectivity index (χ4v) is 4.96. The molecule has 0 bridgehead atoms. The van der Waals surface area contributed by atoms with Gasteiger partial charge < -0.3 is 9.64 Å². The number of nitrogens with zero attached hydrogens (tertiary/aromatic N) is 2. The molecule has 0 atom stereocenters. The van der Waals surface area contributed by atoms with Gasteiger partial charge in [-0.05, 0) is 36.4 Å². The van der Waals surface area contributed by atoms with Crippen LogP contribution in [0.4, 0.5) is 5.69 Å². The van der Waals surface area contributed by atoms with E-state index in [2.05, 4.69) is 4.90 Å². The second-order valence-electron chi connectivity index (χ2n) is 5.64. The molecule has 2 aromatic carbocycles. The van der Waals surface area contributed by atoms with Crippen LogP contribution in [0.3, 0.4) is 0 Å². The second kappa shape index (κ2) is 7.41. The first kappa shape index (κ1) is 18.3. The summed E-state index contributed by atoms with van der Waals surface area (Å²) < 4.78 is 32.3. The van der Waals surface area contributed by atoms with Crippen LogP contribution in [0.5, 0.6) is 5.75 Å². The molecule has 0 aliphatic carbocycles. The van der Waals surface area contributed by atoms with Gasteiger partial charge in [0, 0.05) is 31.9 Å². The molecule has 0 radical (unpaired) electrons. The molecule has 8 heteroatoms. The summed E-state index contributed by atoms with van der Waals surface area (Å²) in [4.78, 5) is 2.20. The van der Waals surface area contributed by atoms with Crippen LogP contribution in [-0.2, 0) is 10.0 Å². The lowest BCUT2D eigenvalue weighted by Gasteiger charge is -2.35. The minimum Gasteiger partial charge on any atom is -0.497 e. The van der Waals surface area contributed by atoms with Crippen molar-refractivity contribution >= 4 is 38.9 Å². The molecule has 5 nitrogen and oxygen atoms in total. The lowest BCUT2D eigenvalue weighted by atomic mass is 10.2. The zero-order valence-corrected chi connectivity index (χ0v) is 16.0. The molecule has 1 heterocycles. The smallest absolute Gasteiger partial charge is 0.244 e. The van der Waals surface area contributed by atoms with E-state index in [-0.39, 0.29) is 14.9 Å². The Morgan fingerprint density at radius 1 is 0.960 bits per heavy atom. The number of anilines is 1. The van der Waals surface area contributed by atoms with Crippen molar-refractivity contribution in [3.05, 3.63) is 52.5 Å². The molecule has 0 saturated carbocycles. The van der Waals surface area contributed by atoms with Gasteiger partial charge in [0.15, 0.2) is 0 Å². The third-order valence-electron chi connectivity index (χ3n) is 4.21. The summed E-state index contributed by atoms with van der Waals surface area (Å²) in [5, 5.41) is 0.307. The Balaban J connectivity index is 1.73. The normalized spacial score (nSPS) is 16.0. The Morgan fingerprint density at radius 2 is 1.60 bits per heavy atom. The summed E-state index contributed by atoms with van der Waals surface area (Å²) in [6, 6.07) is 12.4. The fraction of sp³-hybridized carbons (Fsp3) is 0.294. The van der Waals surface area contributed by atoms with Gasteiger partial charge in [-0.2, -0.15) is 4.31 Å². The molecule has 0 spiro atoms. The number of hydrogen-bond acceptors (Lipinski definition) is 4.